The number of aliphatic hydroxyl groups excluding tert-OH is 1. The van der Waals surface area contributed by atoms with E-state index in [9.17, 15) is 25.2 Å². The number of ether oxygens (including phenoxy) is 1. The summed E-state index contributed by atoms with van der Waals surface area (Å²) in [5, 5.41) is 44.5. The van der Waals surface area contributed by atoms with Crippen LogP contribution in [-0.2, 0) is 17.6 Å². The van der Waals surface area contributed by atoms with E-state index in [1.54, 1.807) is 12.3 Å². The molecule has 1 aliphatic heterocycles. The molecule has 2 aromatic carbocycles. The Morgan fingerprint density at radius 3 is 2.51 bits per heavy atom. The second-order valence-corrected chi connectivity index (χ2v) is 13.1. The van der Waals surface area contributed by atoms with Crippen LogP contribution in [0.5, 0.6) is 17.4 Å². The van der Waals surface area contributed by atoms with E-state index in [4.69, 9.17) is 4.74 Å². The summed E-state index contributed by atoms with van der Waals surface area (Å²) in [5.41, 5.74) is 0.500. The summed E-state index contributed by atoms with van der Waals surface area (Å²) < 4.78 is 8.45. The molecular formula is C32H39NO6. The molecule has 0 amide bonds. The van der Waals surface area contributed by atoms with E-state index in [-0.39, 0.29) is 46.8 Å². The Labute approximate surface area is 229 Å². The number of hydrogen-bond acceptors (Lipinski definition) is 5. The summed E-state index contributed by atoms with van der Waals surface area (Å²) in [6, 6.07) is 9.88. The Bertz CT molecular complexity index is 1440. The maximum absolute atomic E-state index is 12.4. The molecule has 7 nitrogen and oxygen atoms in total. The Morgan fingerprint density at radius 2 is 1.82 bits per heavy atom. The molecule has 6 unspecified atom stereocenters. The van der Waals surface area contributed by atoms with Crippen LogP contribution in [0.15, 0.2) is 42.6 Å². The third kappa shape index (κ3) is 3.55. The number of carboxylic acids is 1. The lowest BCUT2D eigenvalue weighted by atomic mass is 9.43. The standard InChI is InChI=1S/C32H39NO6/c1-18-10-11-25-30(2,3)26(35)12-13-31(25,4)32(18)16-21-24(34)15-20-22(27(21)39-32)17-33(28(20)36)23(29(37)38)14-19-8-6-5-7-9-19/h5-9,15,17-18,23,25-26,34-36H,10-14,16H2,1-4H3,(H,37,38). The fraction of sp³-hybridized carbons (Fsp3) is 0.531. The molecular weight excluding hydrogens is 494 g/mol. The van der Waals surface area contributed by atoms with E-state index in [1.165, 1.54) is 4.57 Å². The molecule has 2 heterocycles. The number of carbonyl (C=O) groups is 1. The maximum Gasteiger partial charge on any atom is 0.327 e. The van der Waals surface area contributed by atoms with E-state index in [0.29, 0.717) is 34.9 Å². The van der Waals surface area contributed by atoms with Crippen LogP contribution < -0.4 is 4.74 Å². The van der Waals surface area contributed by atoms with Gasteiger partial charge in [-0.05, 0) is 54.6 Å². The molecule has 3 aliphatic rings. The summed E-state index contributed by atoms with van der Waals surface area (Å²) in [5.74, 6) is -0.180. The number of aliphatic hydroxyl groups is 1. The summed E-state index contributed by atoms with van der Waals surface area (Å²) in [4.78, 5) is 12.4. The average molecular weight is 534 g/mol. The number of nitrogens with zero attached hydrogens (tertiary/aromatic N) is 1. The van der Waals surface area contributed by atoms with Crippen molar-refractivity contribution in [3.8, 4) is 17.4 Å². The van der Waals surface area contributed by atoms with Gasteiger partial charge in [0, 0.05) is 35.4 Å². The predicted octanol–water partition coefficient (Wildman–Crippen LogP) is 5.83. The van der Waals surface area contributed by atoms with E-state index in [0.717, 1.165) is 24.8 Å². The van der Waals surface area contributed by atoms with Crippen molar-refractivity contribution in [1.82, 2.24) is 4.57 Å². The number of aromatic nitrogens is 1. The van der Waals surface area contributed by atoms with Crippen molar-refractivity contribution < 1.29 is 30.0 Å². The van der Waals surface area contributed by atoms with Crippen LogP contribution in [0, 0.1) is 22.7 Å². The molecule has 39 heavy (non-hydrogen) atoms. The van der Waals surface area contributed by atoms with Gasteiger partial charge in [0.25, 0.3) is 0 Å². The van der Waals surface area contributed by atoms with Crippen molar-refractivity contribution in [3.63, 3.8) is 0 Å². The van der Waals surface area contributed by atoms with E-state index < -0.39 is 17.6 Å². The summed E-state index contributed by atoms with van der Waals surface area (Å²) >= 11 is 0. The lowest BCUT2D eigenvalue weighted by molar-refractivity contribution is -0.210. The number of carboxylic acid groups (broad SMARTS) is 1. The summed E-state index contributed by atoms with van der Waals surface area (Å²) in [7, 11) is 0. The predicted molar refractivity (Wildman–Crippen MR) is 148 cm³/mol. The Morgan fingerprint density at radius 1 is 1.10 bits per heavy atom. The Balaban J connectivity index is 1.46. The molecule has 2 fully saturated rings. The van der Waals surface area contributed by atoms with Gasteiger partial charge in [0.05, 0.1) is 11.5 Å². The molecule has 0 radical (unpaired) electrons. The fourth-order valence-corrected chi connectivity index (χ4v) is 8.54. The number of aromatic hydroxyl groups is 2. The highest BCUT2D eigenvalue weighted by Crippen LogP contribution is 2.67. The SMILES string of the molecule is CC1CCC2C(C)(C)C(O)CCC2(C)C12Cc1c(O)cc3c(O)n(C(Cc4ccccc4)C(=O)O)cc3c1O2. The monoisotopic (exact) mass is 533 g/mol. The van der Waals surface area contributed by atoms with Gasteiger partial charge < -0.3 is 29.7 Å². The molecule has 0 bridgehead atoms. The lowest BCUT2D eigenvalue weighted by Crippen LogP contribution is -2.66. The maximum atomic E-state index is 12.4. The number of aliphatic carboxylic acids is 1. The van der Waals surface area contributed by atoms with Crippen molar-refractivity contribution in [2.75, 3.05) is 0 Å². The molecule has 0 saturated heterocycles. The first-order valence-corrected chi connectivity index (χ1v) is 14.1. The van der Waals surface area contributed by atoms with Crippen molar-refractivity contribution in [2.24, 2.45) is 22.7 Å². The van der Waals surface area contributed by atoms with Gasteiger partial charge in [-0.15, -0.1) is 0 Å². The van der Waals surface area contributed by atoms with Crippen molar-refractivity contribution in [2.45, 2.75) is 84.0 Å². The van der Waals surface area contributed by atoms with Gasteiger partial charge in [-0.3, -0.25) is 0 Å². The Kier molecular flexibility index (Phi) is 5.78. The molecule has 1 aromatic heterocycles. The molecule has 2 saturated carbocycles. The zero-order chi connectivity index (χ0) is 27.9. The van der Waals surface area contributed by atoms with Crippen LogP contribution in [0.3, 0.4) is 0 Å². The molecule has 208 valence electrons. The second kappa shape index (κ2) is 8.65. The highest BCUT2D eigenvalue weighted by molar-refractivity contribution is 5.96. The second-order valence-electron chi connectivity index (χ2n) is 13.1. The normalized spacial score (nSPS) is 32.0. The minimum absolute atomic E-state index is 0.0605. The zero-order valence-electron chi connectivity index (χ0n) is 23.1. The highest BCUT2D eigenvalue weighted by atomic mass is 16.5. The first-order valence-electron chi connectivity index (χ1n) is 14.1. The molecule has 2 aliphatic carbocycles. The molecule has 3 aromatic rings. The number of phenolic OH excluding ortho intramolecular Hbond substituents is 1. The van der Waals surface area contributed by atoms with Gasteiger partial charge in [-0.25, -0.2) is 4.79 Å². The van der Waals surface area contributed by atoms with Crippen molar-refractivity contribution in [3.05, 3.63) is 53.7 Å². The molecule has 1 spiro atoms. The summed E-state index contributed by atoms with van der Waals surface area (Å²) in [6.45, 7) is 8.85. The first-order chi connectivity index (χ1) is 18.4. The van der Waals surface area contributed by atoms with E-state index >= 15 is 0 Å². The van der Waals surface area contributed by atoms with Gasteiger partial charge in [0.2, 0.25) is 0 Å². The number of benzene rings is 2. The number of hydrogen-bond donors (Lipinski definition) is 4. The minimum atomic E-state index is -1.05. The van der Waals surface area contributed by atoms with Gasteiger partial charge in [-0.1, -0.05) is 58.0 Å². The van der Waals surface area contributed by atoms with Crippen molar-refractivity contribution in [1.29, 1.82) is 0 Å². The molecule has 7 heteroatoms. The van der Waals surface area contributed by atoms with Crippen LogP contribution in [0.2, 0.25) is 0 Å². The molecule has 4 N–H and O–H groups in total. The Hall–Kier alpha value is -3.19. The highest BCUT2D eigenvalue weighted by Gasteiger charge is 2.67. The molecule has 6 rings (SSSR count). The van der Waals surface area contributed by atoms with Crippen LogP contribution in [-0.4, -0.2) is 42.7 Å². The number of rotatable bonds is 4. The summed E-state index contributed by atoms with van der Waals surface area (Å²) in [6.07, 6.45) is 5.56. The van der Waals surface area contributed by atoms with E-state index in [2.05, 4.69) is 27.7 Å². The van der Waals surface area contributed by atoms with Crippen LogP contribution in [0.1, 0.15) is 70.5 Å². The van der Waals surface area contributed by atoms with Gasteiger partial charge >= 0.3 is 5.97 Å². The molecule has 6 atom stereocenters. The quantitative estimate of drug-likeness (QED) is 0.336. The zero-order valence-corrected chi connectivity index (χ0v) is 23.1. The number of fused-ring (bicyclic) bond motifs is 5. The third-order valence-electron chi connectivity index (χ3n) is 10.9. The van der Waals surface area contributed by atoms with Gasteiger partial charge in [0.15, 0.2) is 5.88 Å². The third-order valence-corrected chi connectivity index (χ3v) is 10.9. The fourth-order valence-electron chi connectivity index (χ4n) is 8.54. The largest absolute Gasteiger partial charge is 0.508 e. The lowest BCUT2D eigenvalue weighted by Gasteiger charge is -2.64. The van der Waals surface area contributed by atoms with Crippen LogP contribution in [0.4, 0.5) is 0 Å². The smallest absolute Gasteiger partial charge is 0.327 e. The van der Waals surface area contributed by atoms with Crippen LogP contribution in [0.25, 0.3) is 10.8 Å². The minimum Gasteiger partial charge on any atom is -0.508 e. The topological polar surface area (TPSA) is 112 Å². The van der Waals surface area contributed by atoms with Gasteiger partial charge in [-0.2, -0.15) is 0 Å². The van der Waals surface area contributed by atoms with Gasteiger partial charge in [0.1, 0.15) is 23.1 Å². The average Bonchev–Trinajstić information content (AvgIpc) is 3.45. The first kappa shape index (κ1) is 26.1. The van der Waals surface area contributed by atoms with Crippen molar-refractivity contribution >= 4 is 16.7 Å². The number of phenols is 1. The van der Waals surface area contributed by atoms with Crippen LogP contribution >= 0.6 is 0 Å². The van der Waals surface area contributed by atoms with E-state index in [1.807, 2.05) is 30.3 Å².